The van der Waals surface area contributed by atoms with Crippen molar-refractivity contribution in [1.82, 2.24) is 0 Å². The normalized spacial score (nSPS) is 26.8. The Morgan fingerprint density at radius 1 is 0.600 bits per heavy atom. The zero-order chi connectivity index (χ0) is 10.7. The third-order valence-corrected chi connectivity index (χ3v) is 15.4. The lowest BCUT2D eigenvalue weighted by Crippen LogP contribution is -2.34. The molecule has 0 nitrogen and oxygen atoms in total. The Kier molecular flexibility index (Phi) is 4.78. The minimum Gasteiger partial charge on any atom is -0.110 e. The Bertz CT molecular complexity index is 174. The highest BCUT2D eigenvalue weighted by Gasteiger charge is 2.44. The molecule has 0 amide bonds. The largest absolute Gasteiger partial charge is 0.207 e. The first-order chi connectivity index (χ1) is 7.21. The lowest BCUT2D eigenvalue weighted by atomic mass is 9.99. The second-order valence-electron chi connectivity index (χ2n) is 5.34. The molecule has 3 heteroatoms. The summed E-state index contributed by atoms with van der Waals surface area (Å²) in [6.07, 6.45) is 14.8. The molecule has 0 saturated heterocycles. The first kappa shape index (κ1) is 12.6. The molecule has 0 radical (unpaired) electrons. The van der Waals surface area contributed by atoms with Crippen LogP contribution in [0.15, 0.2) is 0 Å². The van der Waals surface area contributed by atoms with Crippen molar-refractivity contribution in [3.05, 3.63) is 0 Å². The number of hydrogen-bond acceptors (Lipinski definition) is 0. The van der Waals surface area contributed by atoms with Crippen molar-refractivity contribution in [2.24, 2.45) is 0 Å². The summed E-state index contributed by atoms with van der Waals surface area (Å²) in [7, 11) is 0. The molecule has 0 N–H and O–H groups in total. The van der Waals surface area contributed by atoms with Crippen LogP contribution in [0.25, 0.3) is 0 Å². The Hall–Kier alpha value is 1.18. The average molecular weight is 354 g/mol. The number of halogens is 2. The molecule has 15 heavy (non-hydrogen) atoms. The molecule has 2 aliphatic rings. The fourth-order valence-corrected chi connectivity index (χ4v) is 11.8. The van der Waals surface area contributed by atoms with Gasteiger partial charge >= 0.3 is 0 Å². The van der Waals surface area contributed by atoms with E-state index in [1.54, 1.807) is 0 Å². The molecule has 88 valence electrons. The number of hydrogen-bond donors (Lipinski definition) is 0. The zero-order valence-corrected chi connectivity index (χ0v) is 13.7. The summed E-state index contributed by atoms with van der Waals surface area (Å²) >= 11 is 8.32. The highest BCUT2D eigenvalue weighted by atomic mass is 79.9. The lowest BCUT2D eigenvalue weighted by molar-refractivity contribution is 0.466. The van der Waals surface area contributed by atoms with Gasteiger partial charge in [0.05, 0.1) is 0 Å². The molecule has 0 aromatic carbocycles. The molecule has 0 aliphatic heterocycles. The Morgan fingerprint density at radius 3 is 1.27 bits per heavy atom. The first-order valence-corrected chi connectivity index (χ1v) is 13.3. The second kappa shape index (κ2) is 5.68. The van der Waals surface area contributed by atoms with Gasteiger partial charge in [0.15, 0.2) is 0 Å². The van der Waals surface area contributed by atoms with E-state index in [4.69, 9.17) is 0 Å². The van der Waals surface area contributed by atoms with E-state index in [2.05, 4.69) is 30.6 Å². The maximum Gasteiger partial charge on any atom is 0.207 e. The van der Waals surface area contributed by atoms with Gasteiger partial charge in [-0.2, -0.15) is 0 Å². The summed E-state index contributed by atoms with van der Waals surface area (Å²) in [6, 6.07) is 0. The molecule has 0 spiro atoms. The third kappa shape index (κ3) is 3.10. The van der Waals surface area contributed by atoms with E-state index in [-0.39, 0.29) is 0 Å². The van der Waals surface area contributed by atoms with E-state index < -0.39 is 5.31 Å². The minimum atomic E-state index is -1.28. The molecule has 0 bridgehead atoms. The average Bonchev–Trinajstić information content (AvgIpc) is 2.31. The number of rotatable bonds is 2. The molecule has 2 fully saturated rings. The van der Waals surface area contributed by atoms with Crippen LogP contribution in [0.4, 0.5) is 0 Å². The van der Waals surface area contributed by atoms with Crippen LogP contribution in [0.5, 0.6) is 0 Å². The summed E-state index contributed by atoms with van der Waals surface area (Å²) < 4.78 is 0. The standard InChI is InChI=1S/C12H22Br2Si/c13-15(14,11-7-3-1-4-8-11)12-9-5-2-6-10-12/h11-12H,1-10H2. The first-order valence-electron chi connectivity index (χ1n) is 6.59. The van der Waals surface area contributed by atoms with Crippen LogP contribution in [0, 0.1) is 0 Å². The Labute approximate surface area is 111 Å². The van der Waals surface area contributed by atoms with Gasteiger partial charge in [0.2, 0.25) is 5.31 Å². The summed E-state index contributed by atoms with van der Waals surface area (Å²) in [5.74, 6) is 0. The molecule has 0 atom stereocenters. The van der Waals surface area contributed by atoms with Gasteiger partial charge in [0.1, 0.15) is 0 Å². The highest BCUT2D eigenvalue weighted by molar-refractivity contribution is 9.51. The third-order valence-electron chi connectivity index (χ3n) is 4.30. The summed E-state index contributed by atoms with van der Waals surface area (Å²) in [4.78, 5) is 0. The summed E-state index contributed by atoms with van der Waals surface area (Å²) in [6.45, 7) is 0. The van der Waals surface area contributed by atoms with Crippen molar-refractivity contribution in [1.29, 1.82) is 0 Å². The van der Waals surface area contributed by atoms with Crippen LogP contribution in [0.3, 0.4) is 0 Å². The van der Waals surface area contributed by atoms with Crippen molar-refractivity contribution >= 4 is 35.9 Å². The van der Waals surface area contributed by atoms with Gasteiger partial charge in [0, 0.05) is 0 Å². The van der Waals surface area contributed by atoms with E-state index in [9.17, 15) is 0 Å². The predicted octanol–water partition coefficient (Wildman–Crippen LogP) is 5.89. The van der Waals surface area contributed by atoms with Crippen molar-refractivity contribution in [3.63, 3.8) is 0 Å². The van der Waals surface area contributed by atoms with Gasteiger partial charge in [-0.15, -0.1) is 30.6 Å². The second-order valence-corrected chi connectivity index (χ2v) is 19.4. The maximum atomic E-state index is 4.16. The van der Waals surface area contributed by atoms with E-state index >= 15 is 0 Å². The van der Waals surface area contributed by atoms with Gasteiger partial charge in [-0.25, -0.2) is 0 Å². The van der Waals surface area contributed by atoms with E-state index in [1.807, 2.05) is 0 Å². The monoisotopic (exact) mass is 352 g/mol. The fourth-order valence-electron chi connectivity index (χ4n) is 3.31. The van der Waals surface area contributed by atoms with Crippen LogP contribution < -0.4 is 0 Å². The van der Waals surface area contributed by atoms with Crippen LogP contribution in [0.1, 0.15) is 64.2 Å². The SMILES string of the molecule is Br[Si](Br)(C1CCCCC1)C1CCCCC1. The molecular formula is C12H22Br2Si. The lowest BCUT2D eigenvalue weighted by Gasteiger charge is -2.39. The fraction of sp³-hybridized carbons (Fsp3) is 1.00. The van der Waals surface area contributed by atoms with Gasteiger partial charge in [-0.05, 0) is 11.1 Å². The topological polar surface area (TPSA) is 0 Å². The molecule has 0 unspecified atom stereocenters. The molecule has 2 saturated carbocycles. The zero-order valence-electron chi connectivity index (χ0n) is 9.48. The van der Waals surface area contributed by atoms with Crippen LogP contribution in [0.2, 0.25) is 11.1 Å². The van der Waals surface area contributed by atoms with Crippen LogP contribution in [-0.2, 0) is 0 Å². The van der Waals surface area contributed by atoms with Crippen molar-refractivity contribution in [2.45, 2.75) is 75.3 Å². The van der Waals surface area contributed by atoms with Gasteiger partial charge in [-0.3, -0.25) is 0 Å². The maximum absolute atomic E-state index is 4.16. The summed E-state index contributed by atoms with van der Waals surface area (Å²) in [5.41, 5.74) is 2.02. The van der Waals surface area contributed by atoms with Crippen molar-refractivity contribution in [3.8, 4) is 0 Å². The molecule has 0 heterocycles. The van der Waals surface area contributed by atoms with E-state index in [0.717, 1.165) is 11.1 Å². The van der Waals surface area contributed by atoms with E-state index in [1.165, 1.54) is 64.2 Å². The molecule has 0 aromatic rings. The minimum absolute atomic E-state index is 1.01. The molecule has 2 rings (SSSR count). The summed E-state index contributed by atoms with van der Waals surface area (Å²) in [5, 5.41) is -1.28. The molecule has 2 aliphatic carbocycles. The van der Waals surface area contributed by atoms with Crippen LogP contribution in [-0.4, -0.2) is 5.31 Å². The Balaban J connectivity index is 1.96. The van der Waals surface area contributed by atoms with E-state index in [0.29, 0.717) is 0 Å². The quantitative estimate of drug-likeness (QED) is 0.429. The highest BCUT2D eigenvalue weighted by Crippen LogP contribution is 2.54. The smallest absolute Gasteiger partial charge is 0.110 e. The van der Waals surface area contributed by atoms with Crippen molar-refractivity contribution in [2.75, 3.05) is 0 Å². The van der Waals surface area contributed by atoms with Gasteiger partial charge in [-0.1, -0.05) is 64.2 Å². The van der Waals surface area contributed by atoms with Crippen molar-refractivity contribution < 1.29 is 0 Å². The predicted molar refractivity (Wildman–Crippen MR) is 77.3 cm³/mol. The van der Waals surface area contributed by atoms with Gasteiger partial charge < -0.3 is 0 Å². The van der Waals surface area contributed by atoms with Gasteiger partial charge in [0.25, 0.3) is 0 Å². The molecular weight excluding hydrogens is 332 g/mol. The molecule has 0 aromatic heterocycles. The Morgan fingerprint density at radius 2 is 0.933 bits per heavy atom. The van der Waals surface area contributed by atoms with Crippen LogP contribution >= 0.6 is 30.6 Å².